The Morgan fingerprint density at radius 3 is 2.23 bits per heavy atom. The maximum atomic E-state index is 12.3. The molecule has 0 N–H and O–H groups in total. The predicted molar refractivity (Wildman–Crippen MR) is 84.5 cm³/mol. The topological polar surface area (TPSA) is 63.4 Å². The molecule has 0 bridgehead atoms. The summed E-state index contributed by atoms with van der Waals surface area (Å²) >= 11 is 1.40. The second-order valence-corrected chi connectivity index (χ2v) is 6.11. The molecule has 6 heteroatoms. The second kappa shape index (κ2) is 6.19. The lowest BCUT2D eigenvalue weighted by atomic mass is 10.1. The number of non-ortho nitro benzene ring substituents is 1. The van der Waals surface area contributed by atoms with Crippen molar-refractivity contribution >= 4 is 23.4 Å². The Bertz CT molecular complexity index is 691. The highest BCUT2D eigenvalue weighted by atomic mass is 32.2. The van der Waals surface area contributed by atoms with E-state index in [1.54, 1.807) is 12.1 Å². The van der Waals surface area contributed by atoms with Gasteiger partial charge in [0.15, 0.2) is 0 Å². The molecule has 0 fully saturated rings. The van der Waals surface area contributed by atoms with Crippen LogP contribution in [0.3, 0.4) is 0 Å². The van der Waals surface area contributed by atoms with Crippen molar-refractivity contribution in [1.82, 2.24) is 4.90 Å². The normalized spacial score (nSPS) is 13.0. The fourth-order valence-corrected chi connectivity index (χ4v) is 3.21. The number of benzene rings is 2. The van der Waals surface area contributed by atoms with Crippen molar-refractivity contribution < 1.29 is 9.72 Å². The number of carbonyl (C=O) groups excluding carboxylic acids is 1. The molecule has 0 saturated carbocycles. The summed E-state index contributed by atoms with van der Waals surface area (Å²) in [6.07, 6.45) is 0. The molecule has 112 valence electrons. The summed E-state index contributed by atoms with van der Waals surface area (Å²) in [5, 5.41) is 10.6. The first-order valence-electron chi connectivity index (χ1n) is 6.85. The van der Waals surface area contributed by atoms with Crippen LogP contribution in [0.1, 0.15) is 11.1 Å². The van der Waals surface area contributed by atoms with Crippen molar-refractivity contribution in [3.63, 3.8) is 0 Å². The molecule has 5 nitrogen and oxygen atoms in total. The van der Waals surface area contributed by atoms with E-state index in [2.05, 4.69) is 0 Å². The van der Waals surface area contributed by atoms with Crippen LogP contribution in [0.25, 0.3) is 0 Å². The van der Waals surface area contributed by atoms with E-state index in [4.69, 9.17) is 0 Å². The SMILES string of the molecule is O=C(CSc1ccc([N+](=O)[O-])cc1)N1Cc2ccccc2C1. The largest absolute Gasteiger partial charge is 0.333 e. The number of carbonyl (C=O) groups is 1. The van der Waals surface area contributed by atoms with Gasteiger partial charge in [0.05, 0.1) is 10.7 Å². The molecule has 0 aromatic heterocycles. The molecule has 0 spiro atoms. The molecule has 1 heterocycles. The molecule has 0 saturated heterocycles. The van der Waals surface area contributed by atoms with Crippen LogP contribution in [0.4, 0.5) is 5.69 Å². The number of fused-ring (bicyclic) bond motifs is 1. The maximum Gasteiger partial charge on any atom is 0.269 e. The van der Waals surface area contributed by atoms with E-state index in [-0.39, 0.29) is 11.6 Å². The van der Waals surface area contributed by atoms with Gasteiger partial charge in [0, 0.05) is 30.1 Å². The van der Waals surface area contributed by atoms with Crippen LogP contribution in [-0.4, -0.2) is 21.5 Å². The second-order valence-electron chi connectivity index (χ2n) is 5.06. The number of thioether (sulfide) groups is 1. The highest BCUT2D eigenvalue weighted by Crippen LogP contribution is 2.25. The van der Waals surface area contributed by atoms with E-state index >= 15 is 0 Å². The Morgan fingerprint density at radius 2 is 1.68 bits per heavy atom. The molecular weight excluding hydrogens is 300 g/mol. The minimum absolute atomic E-state index is 0.0608. The number of hydrogen-bond donors (Lipinski definition) is 0. The van der Waals surface area contributed by atoms with Crippen LogP contribution in [-0.2, 0) is 17.9 Å². The van der Waals surface area contributed by atoms with Crippen LogP contribution < -0.4 is 0 Å². The third-order valence-corrected chi connectivity index (χ3v) is 4.60. The van der Waals surface area contributed by atoms with Crippen LogP contribution in [0, 0.1) is 10.1 Å². The molecule has 22 heavy (non-hydrogen) atoms. The Hall–Kier alpha value is -2.34. The Labute approximate surface area is 132 Å². The lowest BCUT2D eigenvalue weighted by Crippen LogP contribution is -2.26. The van der Waals surface area contributed by atoms with Gasteiger partial charge in [0.25, 0.3) is 5.69 Å². The van der Waals surface area contributed by atoms with Gasteiger partial charge < -0.3 is 4.90 Å². The standard InChI is InChI=1S/C16H14N2O3S/c19-16(17-9-12-3-1-2-4-13(12)10-17)11-22-15-7-5-14(6-8-15)18(20)21/h1-8H,9-11H2. The molecule has 1 amide bonds. The zero-order chi connectivity index (χ0) is 15.5. The number of nitro groups is 1. The lowest BCUT2D eigenvalue weighted by molar-refractivity contribution is -0.384. The van der Waals surface area contributed by atoms with Gasteiger partial charge in [-0.15, -0.1) is 11.8 Å². The number of nitrogens with zero attached hydrogens (tertiary/aromatic N) is 2. The van der Waals surface area contributed by atoms with E-state index in [1.165, 1.54) is 35.0 Å². The summed E-state index contributed by atoms with van der Waals surface area (Å²) in [7, 11) is 0. The lowest BCUT2D eigenvalue weighted by Gasteiger charge is -2.15. The third-order valence-electron chi connectivity index (χ3n) is 3.60. The van der Waals surface area contributed by atoms with E-state index < -0.39 is 4.92 Å². The third kappa shape index (κ3) is 3.12. The zero-order valence-corrected chi connectivity index (χ0v) is 12.6. The van der Waals surface area contributed by atoms with Gasteiger partial charge in [0.2, 0.25) is 5.91 Å². The summed E-state index contributed by atoms with van der Waals surface area (Å²) in [5.74, 6) is 0.422. The fraction of sp³-hybridized carbons (Fsp3) is 0.188. The summed E-state index contributed by atoms with van der Waals surface area (Å²) in [6, 6.07) is 14.3. The quantitative estimate of drug-likeness (QED) is 0.494. The Kier molecular flexibility index (Phi) is 4.11. The first-order valence-corrected chi connectivity index (χ1v) is 7.84. The Morgan fingerprint density at radius 1 is 1.09 bits per heavy atom. The zero-order valence-electron chi connectivity index (χ0n) is 11.8. The van der Waals surface area contributed by atoms with E-state index in [0.29, 0.717) is 18.8 Å². The van der Waals surface area contributed by atoms with Crippen molar-refractivity contribution in [2.75, 3.05) is 5.75 Å². The number of hydrogen-bond acceptors (Lipinski definition) is 4. The van der Waals surface area contributed by atoms with Crippen LogP contribution in [0.5, 0.6) is 0 Å². The highest BCUT2D eigenvalue weighted by Gasteiger charge is 2.22. The highest BCUT2D eigenvalue weighted by molar-refractivity contribution is 8.00. The van der Waals surface area contributed by atoms with E-state index in [9.17, 15) is 14.9 Å². The molecule has 0 radical (unpaired) electrons. The van der Waals surface area contributed by atoms with Crippen molar-refractivity contribution in [3.05, 3.63) is 69.8 Å². The molecule has 3 rings (SSSR count). The van der Waals surface area contributed by atoms with E-state index in [1.807, 2.05) is 29.2 Å². The summed E-state index contributed by atoms with van der Waals surface area (Å²) in [6.45, 7) is 1.33. The molecule has 1 aliphatic rings. The minimum Gasteiger partial charge on any atom is -0.333 e. The maximum absolute atomic E-state index is 12.3. The van der Waals surface area contributed by atoms with Crippen molar-refractivity contribution in [2.24, 2.45) is 0 Å². The summed E-state index contributed by atoms with van der Waals surface area (Å²) < 4.78 is 0. The monoisotopic (exact) mass is 314 g/mol. The van der Waals surface area contributed by atoms with Gasteiger partial charge in [-0.05, 0) is 23.3 Å². The molecule has 0 unspecified atom stereocenters. The number of rotatable bonds is 4. The van der Waals surface area contributed by atoms with Crippen molar-refractivity contribution in [3.8, 4) is 0 Å². The first-order chi connectivity index (χ1) is 10.6. The van der Waals surface area contributed by atoms with Crippen LogP contribution in [0.2, 0.25) is 0 Å². The average Bonchev–Trinajstić information content (AvgIpc) is 2.97. The van der Waals surface area contributed by atoms with Crippen molar-refractivity contribution in [2.45, 2.75) is 18.0 Å². The van der Waals surface area contributed by atoms with E-state index in [0.717, 1.165) is 4.90 Å². The predicted octanol–water partition coefficient (Wildman–Crippen LogP) is 3.23. The smallest absolute Gasteiger partial charge is 0.269 e. The van der Waals surface area contributed by atoms with Gasteiger partial charge in [-0.3, -0.25) is 14.9 Å². The summed E-state index contributed by atoms with van der Waals surface area (Å²) in [5.41, 5.74) is 2.47. The summed E-state index contributed by atoms with van der Waals surface area (Å²) in [4.78, 5) is 25.1. The van der Waals surface area contributed by atoms with Crippen molar-refractivity contribution in [1.29, 1.82) is 0 Å². The van der Waals surface area contributed by atoms with Crippen LogP contribution in [0.15, 0.2) is 53.4 Å². The number of amides is 1. The molecule has 2 aromatic carbocycles. The molecular formula is C16H14N2O3S. The fourth-order valence-electron chi connectivity index (χ4n) is 2.41. The van der Waals surface area contributed by atoms with Gasteiger partial charge in [-0.2, -0.15) is 0 Å². The number of nitro benzene ring substituents is 1. The first kappa shape index (κ1) is 14.6. The van der Waals surface area contributed by atoms with Crippen LogP contribution >= 0.6 is 11.8 Å². The minimum atomic E-state index is -0.430. The molecule has 0 atom stereocenters. The van der Waals surface area contributed by atoms with Gasteiger partial charge in [-0.25, -0.2) is 0 Å². The Balaban J connectivity index is 1.56. The van der Waals surface area contributed by atoms with Gasteiger partial charge in [-0.1, -0.05) is 24.3 Å². The molecule has 1 aliphatic heterocycles. The van der Waals surface area contributed by atoms with Gasteiger partial charge in [0.1, 0.15) is 0 Å². The molecule has 0 aliphatic carbocycles. The molecule has 2 aromatic rings. The van der Waals surface area contributed by atoms with Gasteiger partial charge >= 0.3 is 0 Å². The average molecular weight is 314 g/mol.